The second kappa shape index (κ2) is 10.9. The van der Waals surface area contributed by atoms with Crippen LogP contribution in [-0.4, -0.2) is 48.3 Å². The van der Waals surface area contributed by atoms with Gasteiger partial charge in [-0.2, -0.15) is 0 Å². The molecule has 0 unspecified atom stereocenters. The minimum Gasteiger partial charge on any atom is -0.354 e. The molecular formula is C25H30FN3O3. The zero-order valence-corrected chi connectivity index (χ0v) is 18.5. The molecule has 1 aliphatic rings. The Labute approximate surface area is 188 Å². The highest BCUT2D eigenvalue weighted by Crippen LogP contribution is 2.23. The molecule has 2 N–H and O–H groups in total. The van der Waals surface area contributed by atoms with Gasteiger partial charge in [0.1, 0.15) is 11.9 Å². The van der Waals surface area contributed by atoms with Gasteiger partial charge in [0.15, 0.2) is 0 Å². The Morgan fingerprint density at radius 2 is 1.59 bits per heavy atom. The van der Waals surface area contributed by atoms with Gasteiger partial charge in [-0.15, -0.1) is 0 Å². The number of rotatable bonds is 7. The topological polar surface area (TPSA) is 78.5 Å². The van der Waals surface area contributed by atoms with Crippen LogP contribution in [0.4, 0.5) is 4.39 Å². The second-order valence-corrected chi connectivity index (χ2v) is 8.59. The third-order valence-corrected chi connectivity index (χ3v) is 5.68. The Hall–Kier alpha value is -3.22. The highest BCUT2D eigenvalue weighted by molar-refractivity contribution is 5.97. The van der Waals surface area contributed by atoms with Gasteiger partial charge in [0.05, 0.1) is 0 Å². The maximum atomic E-state index is 13.2. The molecule has 2 aromatic carbocycles. The highest BCUT2D eigenvalue weighted by Gasteiger charge is 2.34. The molecule has 170 valence electrons. The molecule has 1 heterocycles. The number of likely N-dealkylation sites (tertiary alicyclic amines) is 1. The summed E-state index contributed by atoms with van der Waals surface area (Å²) >= 11 is 0. The number of hydrogen-bond acceptors (Lipinski definition) is 3. The molecule has 1 aliphatic heterocycles. The summed E-state index contributed by atoms with van der Waals surface area (Å²) in [5, 5.41) is 5.84. The van der Waals surface area contributed by atoms with E-state index in [-0.39, 0.29) is 29.5 Å². The van der Waals surface area contributed by atoms with Gasteiger partial charge in [0, 0.05) is 30.8 Å². The minimum atomic E-state index is -0.676. The molecule has 0 spiro atoms. The van der Waals surface area contributed by atoms with Crippen LogP contribution in [0.15, 0.2) is 54.6 Å². The lowest BCUT2D eigenvalue weighted by Gasteiger charge is -2.36. The van der Waals surface area contributed by atoms with Crippen LogP contribution in [-0.2, 0) is 4.79 Å². The Kier molecular flexibility index (Phi) is 7.98. The molecule has 0 aromatic heterocycles. The van der Waals surface area contributed by atoms with Gasteiger partial charge in [-0.1, -0.05) is 32.0 Å². The predicted molar refractivity (Wildman–Crippen MR) is 121 cm³/mol. The van der Waals surface area contributed by atoms with Gasteiger partial charge in [-0.05, 0) is 61.1 Å². The summed E-state index contributed by atoms with van der Waals surface area (Å²) in [6.45, 7) is 5.49. The molecule has 32 heavy (non-hydrogen) atoms. The number of piperidine rings is 1. The Morgan fingerprint density at radius 3 is 2.19 bits per heavy atom. The van der Waals surface area contributed by atoms with E-state index in [1.54, 1.807) is 29.2 Å². The summed E-state index contributed by atoms with van der Waals surface area (Å²) in [7, 11) is 0. The second-order valence-electron chi connectivity index (χ2n) is 8.59. The molecule has 1 fully saturated rings. The van der Waals surface area contributed by atoms with Crippen molar-refractivity contribution in [3.05, 3.63) is 71.5 Å². The lowest BCUT2D eigenvalue weighted by atomic mass is 9.88. The van der Waals surface area contributed by atoms with E-state index in [1.807, 2.05) is 19.9 Å². The number of nitrogens with one attached hydrogen (secondary N) is 2. The third kappa shape index (κ3) is 6.15. The van der Waals surface area contributed by atoms with E-state index in [0.717, 1.165) is 0 Å². The molecule has 7 heteroatoms. The molecule has 2 aromatic rings. The first-order valence-electron chi connectivity index (χ1n) is 11.0. The average molecular weight is 440 g/mol. The van der Waals surface area contributed by atoms with Gasteiger partial charge in [-0.3, -0.25) is 14.4 Å². The molecule has 3 amide bonds. The summed E-state index contributed by atoms with van der Waals surface area (Å²) in [5.74, 6) is -0.833. The largest absolute Gasteiger partial charge is 0.354 e. The SMILES string of the molecule is CC(C)CNC(=O)[C@H](NC(=O)c1ccccc1)C1CCN(C(=O)c2ccc(F)cc2)CC1. The van der Waals surface area contributed by atoms with Gasteiger partial charge < -0.3 is 15.5 Å². The predicted octanol–water partition coefficient (Wildman–Crippen LogP) is 3.25. The van der Waals surface area contributed by atoms with E-state index >= 15 is 0 Å². The zero-order valence-electron chi connectivity index (χ0n) is 18.5. The Bertz CT molecular complexity index is 923. The molecule has 1 saturated heterocycles. The number of nitrogens with zero attached hydrogens (tertiary/aromatic N) is 1. The van der Waals surface area contributed by atoms with E-state index < -0.39 is 6.04 Å². The third-order valence-electron chi connectivity index (χ3n) is 5.68. The first kappa shape index (κ1) is 23.4. The first-order chi connectivity index (χ1) is 15.3. The summed E-state index contributed by atoms with van der Waals surface area (Å²) in [6.07, 6.45) is 1.17. The van der Waals surface area contributed by atoms with Gasteiger partial charge in [-0.25, -0.2) is 4.39 Å². The highest BCUT2D eigenvalue weighted by atomic mass is 19.1. The van der Waals surface area contributed by atoms with E-state index in [1.165, 1.54) is 24.3 Å². The smallest absolute Gasteiger partial charge is 0.253 e. The van der Waals surface area contributed by atoms with Crippen molar-refractivity contribution >= 4 is 17.7 Å². The van der Waals surface area contributed by atoms with Crippen LogP contribution in [0, 0.1) is 17.7 Å². The number of carbonyl (C=O) groups is 3. The van der Waals surface area contributed by atoms with Gasteiger partial charge >= 0.3 is 0 Å². The normalized spacial score (nSPS) is 15.3. The minimum absolute atomic E-state index is 0.0907. The molecule has 3 rings (SSSR count). The number of amides is 3. The fraction of sp³-hybridized carbons (Fsp3) is 0.400. The summed E-state index contributed by atoms with van der Waals surface area (Å²) in [6, 6.07) is 13.6. The number of benzene rings is 2. The number of carbonyl (C=O) groups excluding carboxylic acids is 3. The van der Waals surface area contributed by atoms with Gasteiger partial charge in [0.2, 0.25) is 5.91 Å². The van der Waals surface area contributed by atoms with Crippen LogP contribution in [0.2, 0.25) is 0 Å². The standard InChI is InChI=1S/C25H30FN3O3/c1-17(2)16-27-24(31)22(28-23(30)19-6-4-3-5-7-19)18-12-14-29(15-13-18)25(32)20-8-10-21(26)11-9-20/h3-11,17-18,22H,12-16H2,1-2H3,(H,27,31)(H,28,30)/t22-/m1/s1. The van der Waals surface area contributed by atoms with Crippen molar-refractivity contribution in [3.8, 4) is 0 Å². The maximum Gasteiger partial charge on any atom is 0.253 e. The van der Waals surface area contributed by atoms with E-state index in [9.17, 15) is 18.8 Å². The van der Waals surface area contributed by atoms with Crippen molar-refractivity contribution in [1.82, 2.24) is 15.5 Å². The van der Waals surface area contributed by atoms with Crippen LogP contribution < -0.4 is 10.6 Å². The van der Waals surface area contributed by atoms with Crippen LogP contribution in [0.3, 0.4) is 0 Å². The molecule has 0 bridgehead atoms. The number of hydrogen-bond donors (Lipinski definition) is 2. The monoisotopic (exact) mass is 439 g/mol. The number of halogens is 1. The Morgan fingerprint density at radius 1 is 0.969 bits per heavy atom. The summed E-state index contributed by atoms with van der Waals surface area (Å²) in [5.41, 5.74) is 0.937. The van der Waals surface area contributed by atoms with E-state index in [4.69, 9.17) is 0 Å². The van der Waals surface area contributed by atoms with Crippen LogP contribution >= 0.6 is 0 Å². The fourth-order valence-corrected chi connectivity index (χ4v) is 3.84. The van der Waals surface area contributed by atoms with Crippen LogP contribution in [0.25, 0.3) is 0 Å². The van der Waals surface area contributed by atoms with E-state index in [2.05, 4.69) is 10.6 Å². The molecule has 0 saturated carbocycles. The molecule has 1 atom stereocenters. The van der Waals surface area contributed by atoms with Crippen molar-refractivity contribution in [2.24, 2.45) is 11.8 Å². The first-order valence-corrected chi connectivity index (χ1v) is 11.0. The van der Waals surface area contributed by atoms with Crippen LogP contribution in [0.1, 0.15) is 47.4 Å². The van der Waals surface area contributed by atoms with Crippen LogP contribution in [0.5, 0.6) is 0 Å². The average Bonchev–Trinajstić information content (AvgIpc) is 2.81. The lowest BCUT2D eigenvalue weighted by molar-refractivity contribution is -0.124. The van der Waals surface area contributed by atoms with Crippen molar-refractivity contribution < 1.29 is 18.8 Å². The molecule has 0 aliphatic carbocycles. The summed E-state index contributed by atoms with van der Waals surface area (Å²) < 4.78 is 13.2. The lowest BCUT2D eigenvalue weighted by Crippen LogP contribution is -2.54. The fourth-order valence-electron chi connectivity index (χ4n) is 3.84. The quantitative estimate of drug-likeness (QED) is 0.695. The summed E-state index contributed by atoms with van der Waals surface area (Å²) in [4.78, 5) is 40.1. The maximum absolute atomic E-state index is 13.2. The van der Waals surface area contributed by atoms with Crippen molar-refractivity contribution in [1.29, 1.82) is 0 Å². The van der Waals surface area contributed by atoms with Crippen molar-refractivity contribution in [3.63, 3.8) is 0 Å². The molecule has 0 radical (unpaired) electrons. The van der Waals surface area contributed by atoms with Gasteiger partial charge in [0.25, 0.3) is 11.8 Å². The Balaban J connectivity index is 1.67. The van der Waals surface area contributed by atoms with Crippen molar-refractivity contribution in [2.45, 2.75) is 32.7 Å². The molecule has 6 nitrogen and oxygen atoms in total. The zero-order chi connectivity index (χ0) is 23.1. The molecular weight excluding hydrogens is 409 g/mol. The van der Waals surface area contributed by atoms with E-state index in [0.29, 0.717) is 49.5 Å². The van der Waals surface area contributed by atoms with Crippen molar-refractivity contribution in [2.75, 3.05) is 19.6 Å².